The fraction of sp³-hybridized carbons (Fsp3) is 0.167. The number of amides is 2. The van der Waals surface area contributed by atoms with Gasteiger partial charge in [0.25, 0.3) is 5.91 Å². The van der Waals surface area contributed by atoms with Gasteiger partial charge < -0.3 is 10.6 Å². The van der Waals surface area contributed by atoms with Crippen LogP contribution in [0.2, 0.25) is 5.02 Å². The summed E-state index contributed by atoms with van der Waals surface area (Å²) in [7, 11) is 0. The SMILES string of the molecule is CCc1ccc(NC(=O)C[C@@H](NC(=O)c2ccccc2Cl)c2ccccc2)cc1. The highest BCUT2D eigenvalue weighted by Crippen LogP contribution is 2.21. The zero-order valence-electron chi connectivity index (χ0n) is 16.2. The van der Waals surface area contributed by atoms with Crippen molar-refractivity contribution >= 4 is 29.1 Å². The van der Waals surface area contributed by atoms with Crippen LogP contribution < -0.4 is 10.6 Å². The molecule has 0 fully saturated rings. The summed E-state index contributed by atoms with van der Waals surface area (Å²) in [5.41, 5.74) is 3.17. The van der Waals surface area contributed by atoms with Crippen LogP contribution in [0, 0.1) is 0 Å². The Bertz CT molecular complexity index is 972. The third-order valence-corrected chi connectivity index (χ3v) is 4.99. The van der Waals surface area contributed by atoms with Gasteiger partial charge in [0.15, 0.2) is 0 Å². The zero-order valence-corrected chi connectivity index (χ0v) is 16.9. The molecule has 0 saturated carbocycles. The molecule has 0 heterocycles. The first-order chi connectivity index (χ1) is 14.1. The van der Waals surface area contributed by atoms with Crippen molar-refractivity contribution in [3.05, 3.63) is 101 Å². The van der Waals surface area contributed by atoms with E-state index in [1.54, 1.807) is 24.3 Å². The Balaban J connectivity index is 1.74. The van der Waals surface area contributed by atoms with Crippen molar-refractivity contribution in [3.63, 3.8) is 0 Å². The van der Waals surface area contributed by atoms with Crippen molar-refractivity contribution in [3.8, 4) is 0 Å². The second-order valence-corrected chi connectivity index (χ2v) is 7.13. The maximum Gasteiger partial charge on any atom is 0.253 e. The van der Waals surface area contributed by atoms with Crippen LogP contribution in [0.5, 0.6) is 0 Å². The Hall–Kier alpha value is -3.11. The number of nitrogens with one attached hydrogen (secondary N) is 2. The molecule has 0 unspecified atom stereocenters. The molecule has 0 radical (unpaired) electrons. The molecule has 0 spiro atoms. The third-order valence-electron chi connectivity index (χ3n) is 4.66. The number of hydrogen-bond donors (Lipinski definition) is 2. The predicted octanol–water partition coefficient (Wildman–Crippen LogP) is 5.40. The van der Waals surface area contributed by atoms with Crippen LogP contribution in [-0.4, -0.2) is 11.8 Å². The number of hydrogen-bond acceptors (Lipinski definition) is 2. The first-order valence-electron chi connectivity index (χ1n) is 9.56. The average Bonchev–Trinajstić information content (AvgIpc) is 2.74. The van der Waals surface area contributed by atoms with Gasteiger partial charge in [0.1, 0.15) is 0 Å². The molecule has 3 aromatic carbocycles. The second-order valence-electron chi connectivity index (χ2n) is 6.72. The van der Waals surface area contributed by atoms with Crippen LogP contribution >= 0.6 is 11.6 Å². The summed E-state index contributed by atoms with van der Waals surface area (Å²) < 4.78 is 0. The third kappa shape index (κ3) is 5.69. The Kier molecular flexibility index (Phi) is 7.04. The van der Waals surface area contributed by atoms with Gasteiger partial charge in [0, 0.05) is 5.69 Å². The molecule has 3 rings (SSSR count). The van der Waals surface area contributed by atoms with Gasteiger partial charge in [-0.2, -0.15) is 0 Å². The summed E-state index contributed by atoms with van der Waals surface area (Å²) in [5, 5.41) is 6.22. The van der Waals surface area contributed by atoms with Gasteiger partial charge in [-0.25, -0.2) is 0 Å². The Labute approximate surface area is 175 Å². The summed E-state index contributed by atoms with van der Waals surface area (Å²) in [6.07, 6.45) is 1.05. The number of carbonyl (C=O) groups excluding carboxylic acids is 2. The predicted molar refractivity (Wildman–Crippen MR) is 117 cm³/mol. The second kappa shape index (κ2) is 9.89. The minimum Gasteiger partial charge on any atom is -0.345 e. The van der Waals surface area contributed by atoms with E-state index < -0.39 is 6.04 Å². The van der Waals surface area contributed by atoms with E-state index in [0.29, 0.717) is 10.6 Å². The van der Waals surface area contributed by atoms with Crippen LogP contribution in [0.25, 0.3) is 0 Å². The van der Waals surface area contributed by atoms with Crippen molar-refractivity contribution in [2.75, 3.05) is 5.32 Å². The zero-order chi connectivity index (χ0) is 20.6. The molecule has 0 aromatic heterocycles. The van der Waals surface area contributed by atoms with Gasteiger partial charge in [-0.15, -0.1) is 0 Å². The lowest BCUT2D eigenvalue weighted by molar-refractivity contribution is -0.116. The van der Waals surface area contributed by atoms with E-state index in [0.717, 1.165) is 17.7 Å². The fourth-order valence-electron chi connectivity index (χ4n) is 3.04. The number of rotatable bonds is 7. The van der Waals surface area contributed by atoms with Crippen LogP contribution in [0.1, 0.15) is 40.9 Å². The summed E-state index contributed by atoms with van der Waals surface area (Å²) in [5.74, 6) is -0.493. The van der Waals surface area contributed by atoms with Gasteiger partial charge in [0.2, 0.25) is 5.91 Å². The summed E-state index contributed by atoms with van der Waals surface area (Å²) in [4.78, 5) is 25.4. The molecule has 0 bridgehead atoms. The molecular weight excluding hydrogens is 384 g/mol. The highest BCUT2D eigenvalue weighted by molar-refractivity contribution is 6.33. The molecule has 2 amide bonds. The van der Waals surface area contributed by atoms with Crippen molar-refractivity contribution in [2.45, 2.75) is 25.8 Å². The van der Waals surface area contributed by atoms with E-state index in [1.807, 2.05) is 54.6 Å². The number of halogens is 1. The standard InChI is InChI=1S/C24H23ClN2O2/c1-2-17-12-14-19(15-13-17)26-23(28)16-22(18-8-4-3-5-9-18)27-24(29)20-10-6-7-11-21(20)25/h3-15,22H,2,16H2,1H3,(H,26,28)(H,27,29)/t22-/m1/s1. The van der Waals surface area contributed by atoms with Gasteiger partial charge in [-0.05, 0) is 41.8 Å². The van der Waals surface area contributed by atoms with E-state index >= 15 is 0 Å². The number of carbonyl (C=O) groups is 2. The average molecular weight is 407 g/mol. The lowest BCUT2D eigenvalue weighted by Gasteiger charge is -2.19. The minimum absolute atomic E-state index is 0.107. The van der Waals surface area contributed by atoms with E-state index in [4.69, 9.17) is 11.6 Å². The maximum absolute atomic E-state index is 12.7. The monoisotopic (exact) mass is 406 g/mol. The molecule has 2 N–H and O–H groups in total. The summed E-state index contributed by atoms with van der Waals surface area (Å²) in [6, 6.07) is 23.6. The van der Waals surface area contributed by atoms with Gasteiger partial charge in [-0.3, -0.25) is 9.59 Å². The normalized spacial score (nSPS) is 11.5. The lowest BCUT2D eigenvalue weighted by atomic mass is 10.0. The molecule has 148 valence electrons. The lowest BCUT2D eigenvalue weighted by Crippen LogP contribution is -2.31. The van der Waals surface area contributed by atoms with Crippen LogP contribution in [0.15, 0.2) is 78.9 Å². The van der Waals surface area contributed by atoms with Gasteiger partial charge in [-0.1, -0.05) is 73.1 Å². The molecule has 29 heavy (non-hydrogen) atoms. The molecule has 4 nitrogen and oxygen atoms in total. The largest absolute Gasteiger partial charge is 0.345 e. The number of benzene rings is 3. The molecule has 0 aliphatic carbocycles. The van der Waals surface area contributed by atoms with Gasteiger partial charge in [0.05, 0.1) is 23.0 Å². The summed E-state index contributed by atoms with van der Waals surface area (Å²) in [6.45, 7) is 2.08. The fourth-order valence-corrected chi connectivity index (χ4v) is 3.26. The first kappa shape index (κ1) is 20.6. The molecule has 5 heteroatoms. The molecule has 0 aliphatic heterocycles. The van der Waals surface area contributed by atoms with Gasteiger partial charge >= 0.3 is 0 Å². The smallest absolute Gasteiger partial charge is 0.253 e. The topological polar surface area (TPSA) is 58.2 Å². The maximum atomic E-state index is 12.7. The quantitative estimate of drug-likeness (QED) is 0.551. The highest BCUT2D eigenvalue weighted by Gasteiger charge is 2.20. The van der Waals surface area contributed by atoms with Crippen molar-refractivity contribution in [2.24, 2.45) is 0 Å². The highest BCUT2D eigenvalue weighted by atomic mass is 35.5. The first-order valence-corrected chi connectivity index (χ1v) is 9.93. The van der Waals surface area contributed by atoms with Crippen LogP contribution in [0.3, 0.4) is 0 Å². The van der Waals surface area contributed by atoms with E-state index in [2.05, 4.69) is 17.6 Å². The Morgan fingerprint density at radius 2 is 1.55 bits per heavy atom. The van der Waals surface area contributed by atoms with Crippen molar-refractivity contribution in [1.29, 1.82) is 0 Å². The Morgan fingerprint density at radius 3 is 2.21 bits per heavy atom. The Morgan fingerprint density at radius 1 is 0.897 bits per heavy atom. The van der Waals surface area contributed by atoms with E-state index in [-0.39, 0.29) is 18.2 Å². The molecule has 3 aromatic rings. The molecule has 1 atom stereocenters. The van der Waals surface area contributed by atoms with Crippen LogP contribution in [-0.2, 0) is 11.2 Å². The summed E-state index contributed by atoms with van der Waals surface area (Å²) >= 11 is 6.15. The van der Waals surface area contributed by atoms with Crippen molar-refractivity contribution in [1.82, 2.24) is 5.32 Å². The molecule has 0 aliphatic rings. The van der Waals surface area contributed by atoms with E-state index in [1.165, 1.54) is 5.56 Å². The molecule has 0 saturated heterocycles. The minimum atomic E-state index is -0.477. The molecular formula is C24H23ClN2O2. The number of anilines is 1. The van der Waals surface area contributed by atoms with Crippen molar-refractivity contribution < 1.29 is 9.59 Å². The van der Waals surface area contributed by atoms with E-state index in [9.17, 15) is 9.59 Å². The van der Waals surface area contributed by atoms with Crippen LogP contribution in [0.4, 0.5) is 5.69 Å². The number of aryl methyl sites for hydroxylation is 1.